The molecule has 1 fully saturated rings. The van der Waals surface area contributed by atoms with E-state index >= 15 is 0 Å². The van der Waals surface area contributed by atoms with Crippen LogP contribution in [0.2, 0.25) is 0 Å². The van der Waals surface area contributed by atoms with Crippen LogP contribution < -0.4 is 14.9 Å². The van der Waals surface area contributed by atoms with E-state index in [1.807, 2.05) is 29.7 Å². The Morgan fingerprint density at radius 2 is 1.59 bits per heavy atom. The molecule has 0 bridgehead atoms. The van der Waals surface area contributed by atoms with Crippen LogP contribution >= 0.6 is 0 Å². The minimum atomic E-state index is -5.08. The molecule has 0 saturated carbocycles. The van der Waals surface area contributed by atoms with E-state index in [1.165, 1.54) is 12.1 Å². The van der Waals surface area contributed by atoms with Crippen molar-refractivity contribution in [3.8, 4) is 0 Å². The average Bonchev–Trinajstić information content (AvgIpc) is 2.89. The maximum atomic E-state index is 13.2. The number of hydrogen-bond donors (Lipinski definition) is 4. The SMILES string of the molecule is CCCNC(=O)CN1CCN(c2ccc(C(=O)O)cc2NS(=O)(=O)c2cc(C)ccc2C)CC1.O=C(O)C(F)(F)F. The van der Waals surface area contributed by atoms with Crippen molar-refractivity contribution in [2.75, 3.05) is 48.9 Å². The first-order valence-electron chi connectivity index (χ1n) is 12.6. The molecule has 41 heavy (non-hydrogen) atoms. The Bertz CT molecular complexity index is 1360. The van der Waals surface area contributed by atoms with Crippen LogP contribution in [0.3, 0.4) is 0 Å². The van der Waals surface area contributed by atoms with Crippen LogP contribution in [-0.2, 0) is 19.6 Å². The molecule has 0 aromatic heterocycles. The highest BCUT2D eigenvalue weighted by Crippen LogP contribution is 2.31. The largest absolute Gasteiger partial charge is 0.490 e. The van der Waals surface area contributed by atoms with Gasteiger partial charge in [0.25, 0.3) is 10.0 Å². The summed E-state index contributed by atoms with van der Waals surface area (Å²) in [5.74, 6) is -3.91. The Labute approximate surface area is 236 Å². The van der Waals surface area contributed by atoms with Gasteiger partial charge in [-0.1, -0.05) is 19.1 Å². The van der Waals surface area contributed by atoms with Gasteiger partial charge in [0.1, 0.15) is 0 Å². The molecule has 1 saturated heterocycles. The van der Waals surface area contributed by atoms with E-state index in [4.69, 9.17) is 9.90 Å². The van der Waals surface area contributed by atoms with Gasteiger partial charge < -0.3 is 20.4 Å². The summed E-state index contributed by atoms with van der Waals surface area (Å²) in [5.41, 5.74) is 2.23. The Kier molecular flexibility index (Phi) is 11.5. The monoisotopic (exact) mass is 602 g/mol. The predicted octanol–water partition coefficient (Wildman–Crippen LogP) is 3.08. The molecule has 1 aliphatic heterocycles. The number of nitrogens with one attached hydrogen (secondary N) is 2. The number of rotatable bonds is 9. The summed E-state index contributed by atoms with van der Waals surface area (Å²) in [6, 6.07) is 9.64. The number of anilines is 2. The fraction of sp³-hybridized carbons (Fsp3) is 0.423. The standard InChI is InChI=1S/C24H32N4O5S.C2HF3O2/c1-4-9-25-23(29)16-27-10-12-28(13-11-27)21-8-7-19(24(30)31)15-20(21)26-34(32,33)22-14-17(2)5-6-18(22)3;3-2(4,5)1(6)7/h5-8,14-15,26H,4,9-13,16H2,1-3H3,(H,25,29)(H,30,31);(H,6,7). The highest BCUT2D eigenvalue weighted by molar-refractivity contribution is 7.92. The quantitative estimate of drug-likeness (QED) is 0.339. The van der Waals surface area contributed by atoms with Gasteiger partial charge in [0, 0.05) is 32.7 Å². The third-order valence-corrected chi connectivity index (χ3v) is 7.52. The lowest BCUT2D eigenvalue weighted by atomic mass is 10.1. The summed E-state index contributed by atoms with van der Waals surface area (Å²) in [6.07, 6.45) is -4.20. The molecule has 226 valence electrons. The first-order chi connectivity index (χ1) is 19.0. The van der Waals surface area contributed by atoms with Crippen molar-refractivity contribution in [1.82, 2.24) is 10.2 Å². The van der Waals surface area contributed by atoms with Crippen molar-refractivity contribution in [3.05, 3.63) is 53.1 Å². The zero-order valence-corrected chi connectivity index (χ0v) is 23.6. The van der Waals surface area contributed by atoms with Crippen molar-refractivity contribution in [1.29, 1.82) is 0 Å². The molecule has 0 aliphatic carbocycles. The minimum absolute atomic E-state index is 0.00588. The van der Waals surface area contributed by atoms with E-state index in [9.17, 15) is 36.3 Å². The van der Waals surface area contributed by atoms with Gasteiger partial charge in [-0.3, -0.25) is 14.4 Å². The second-order valence-electron chi connectivity index (χ2n) is 9.33. The number of alkyl halides is 3. The van der Waals surface area contributed by atoms with Gasteiger partial charge in [-0.25, -0.2) is 18.0 Å². The van der Waals surface area contributed by atoms with E-state index in [2.05, 4.69) is 10.0 Å². The van der Waals surface area contributed by atoms with Gasteiger partial charge in [-0.2, -0.15) is 13.2 Å². The van der Waals surface area contributed by atoms with Gasteiger partial charge in [-0.05, 0) is 55.7 Å². The number of aryl methyl sites for hydroxylation is 2. The zero-order chi connectivity index (χ0) is 31.0. The first-order valence-corrected chi connectivity index (χ1v) is 14.0. The molecule has 0 unspecified atom stereocenters. The molecular weight excluding hydrogens is 569 g/mol. The molecule has 0 spiro atoms. The number of carboxylic acid groups (broad SMARTS) is 2. The van der Waals surface area contributed by atoms with Crippen LogP contribution in [-0.4, -0.2) is 86.8 Å². The topological polar surface area (TPSA) is 156 Å². The van der Waals surface area contributed by atoms with Crippen molar-refractivity contribution >= 4 is 39.2 Å². The Balaban J connectivity index is 0.000000745. The summed E-state index contributed by atoms with van der Waals surface area (Å²) < 4.78 is 60.8. The number of nitrogens with zero attached hydrogens (tertiary/aromatic N) is 2. The summed E-state index contributed by atoms with van der Waals surface area (Å²) in [6.45, 7) is 8.91. The molecule has 15 heteroatoms. The lowest BCUT2D eigenvalue weighted by Crippen LogP contribution is -2.49. The Hall–Kier alpha value is -3.85. The number of sulfonamides is 1. The summed E-state index contributed by atoms with van der Waals surface area (Å²) in [4.78, 5) is 36.7. The number of halogens is 3. The predicted molar refractivity (Wildman–Crippen MR) is 146 cm³/mol. The van der Waals surface area contributed by atoms with E-state index in [0.29, 0.717) is 50.5 Å². The number of aromatic carboxylic acids is 1. The molecule has 3 rings (SSSR count). The normalized spacial score (nSPS) is 14.0. The minimum Gasteiger partial charge on any atom is -0.478 e. The van der Waals surface area contributed by atoms with Crippen LogP contribution in [0.25, 0.3) is 0 Å². The molecule has 0 atom stereocenters. The third kappa shape index (κ3) is 9.93. The van der Waals surface area contributed by atoms with E-state index in [0.717, 1.165) is 12.0 Å². The molecule has 2 aromatic carbocycles. The second kappa shape index (κ2) is 14.2. The smallest absolute Gasteiger partial charge is 0.478 e. The maximum Gasteiger partial charge on any atom is 0.490 e. The molecule has 1 heterocycles. The number of carbonyl (C=O) groups is 3. The average molecular weight is 603 g/mol. The summed E-state index contributed by atoms with van der Waals surface area (Å²) in [5, 5.41) is 19.4. The molecule has 2 aromatic rings. The number of carboxylic acids is 2. The van der Waals surface area contributed by atoms with Crippen LogP contribution in [0.4, 0.5) is 24.5 Å². The lowest BCUT2D eigenvalue weighted by molar-refractivity contribution is -0.192. The fourth-order valence-corrected chi connectivity index (χ4v) is 5.29. The maximum absolute atomic E-state index is 13.2. The number of aliphatic carboxylic acids is 1. The summed E-state index contributed by atoms with van der Waals surface area (Å²) in [7, 11) is -3.94. The summed E-state index contributed by atoms with van der Waals surface area (Å²) >= 11 is 0. The van der Waals surface area contributed by atoms with Gasteiger partial charge in [0.15, 0.2) is 0 Å². The third-order valence-electron chi connectivity index (χ3n) is 6.02. The van der Waals surface area contributed by atoms with Crippen LogP contribution in [0.1, 0.15) is 34.8 Å². The number of amides is 1. The van der Waals surface area contributed by atoms with Gasteiger partial charge >= 0.3 is 18.1 Å². The van der Waals surface area contributed by atoms with Crippen molar-refractivity contribution in [2.45, 2.75) is 38.3 Å². The van der Waals surface area contributed by atoms with E-state index < -0.39 is 28.1 Å². The molecule has 4 N–H and O–H groups in total. The number of carbonyl (C=O) groups excluding carboxylic acids is 1. The number of piperazine rings is 1. The van der Waals surface area contributed by atoms with Crippen molar-refractivity contribution in [2.24, 2.45) is 0 Å². The fourth-order valence-electron chi connectivity index (χ4n) is 3.89. The molecule has 0 radical (unpaired) electrons. The zero-order valence-electron chi connectivity index (χ0n) is 22.8. The second-order valence-corrected chi connectivity index (χ2v) is 11.0. The van der Waals surface area contributed by atoms with Gasteiger partial charge in [0.2, 0.25) is 5.91 Å². The van der Waals surface area contributed by atoms with Gasteiger partial charge in [-0.15, -0.1) is 0 Å². The highest BCUT2D eigenvalue weighted by atomic mass is 32.2. The van der Waals surface area contributed by atoms with Crippen LogP contribution in [0, 0.1) is 13.8 Å². The molecule has 11 nitrogen and oxygen atoms in total. The Morgan fingerprint density at radius 3 is 2.12 bits per heavy atom. The lowest BCUT2D eigenvalue weighted by Gasteiger charge is -2.36. The van der Waals surface area contributed by atoms with Crippen LogP contribution in [0.5, 0.6) is 0 Å². The van der Waals surface area contributed by atoms with E-state index in [1.54, 1.807) is 25.1 Å². The molecule has 1 amide bonds. The molecule has 1 aliphatic rings. The molecular formula is C26H33F3N4O7S. The Morgan fingerprint density at radius 1 is 0.976 bits per heavy atom. The number of hydrogen-bond acceptors (Lipinski definition) is 7. The van der Waals surface area contributed by atoms with Crippen molar-refractivity contribution in [3.63, 3.8) is 0 Å². The van der Waals surface area contributed by atoms with Crippen molar-refractivity contribution < 1.29 is 46.2 Å². The highest BCUT2D eigenvalue weighted by Gasteiger charge is 2.38. The van der Waals surface area contributed by atoms with E-state index in [-0.39, 0.29) is 22.1 Å². The van der Waals surface area contributed by atoms with Crippen LogP contribution in [0.15, 0.2) is 41.3 Å². The van der Waals surface area contributed by atoms with Gasteiger partial charge in [0.05, 0.1) is 28.4 Å². The first kappa shape index (κ1) is 33.4. The number of benzene rings is 2.